The van der Waals surface area contributed by atoms with Crippen LogP contribution in [0.15, 0.2) is 24.3 Å². The number of benzene rings is 1. The highest BCUT2D eigenvalue weighted by Crippen LogP contribution is 2.17. The first-order chi connectivity index (χ1) is 5.92. The van der Waals surface area contributed by atoms with Crippen LogP contribution < -0.4 is 0 Å². The smallest absolute Gasteiger partial charge is 0.0707 e. The first-order valence-electron chi connectivity index (χ1n) is 4.39. The molecule has 0 bridgehead atoms. The van der Waals surface area contributed by atoms with Crippen LogP contribution in [0.2, 0.25) is 0 Å². The number of fused-ring (bicyclic) bond motifs is 1. The Morgan fingerprint density at radius 1 is 1.33 bits per heavy atom. The summed E-state index contributed by atoms with van der Waals surface area (Å²) in [5.74, 6) is 0. The van der Waals surface area contributed by atoms with Crippen LogP contribution in [-0.2, 0) is 6.42 Å². The van der Waals surface area contributed by atoms with Crippen molar-refractivity contribution in [2.75, 3.05) is 0 Å². The van der Waals surface area contributed by atoms with Crippen LogP contribution in [-0.4, -0.2) is 4.98 Å². The Morgan fingerprint density at radius 3 is 3.00 bits per heavy atom. The molecule has 1 radical (unpaired) electrons. The monoisotopic (exact) mass is 158 g/mol. The number of H-pyrrole nitrogens is 1. The highest BCUT2D eigenvalue weighted by molar-refractivity contribution is 5.84. The lowest BCUT2D eigenvalue weighted by molar-refractivity contribution is 0.898. The summed E-state index contributed by atoms with van der Waals surface area (Å²) in [6, 6.07) is 8.35. The second-order valence-electron chi connectivity index (χ2n) is 3.02. The maximum absolute atomic E-state index is 3.19. The Balaban J connectivity index is 2.55. The van der Waals surface area contributed by atoms with Crippen LogP contribution in [0.1, 0.15) is 19.0 Å². The van der Waals surface area contributed by atoms with Crippen molar-refractivity contribution in [1.29, 1.82) is 0 Å². The van der Waals surface area contributed by atoms with Crippen LogP contribution in [0.5, 0.6) is 0 Å². The van der Waals surface area contributed by atoms with Gasteiger partial charge in [-0.1, -0.05) is 37.6 Å². The van der Waals surface area contributed by atoms with Crippen LogP contribution in [0, 0.1) is 6.20 Å². The van der Waals surface area contributed by atoms with E-state index < -0.39 is 0 Å². The van der Waals surface area contributed by atoms with Crippen LogP contribution in [0.4, 0.5) is 0 Å². The maximum Gasteiger partial charge on any atom is 0.0707 e. The van der Waals surface area contributed by atoms with Crippen molar-refractivity contribution in [3.8, 4) is 0 Å². The lowest BCUT2D eigenvalue weighted by Gasteiger charge is -1.94. The predicted octanol–water partition coefficient (Wildman–Crippen LogP) is 2.92. The Kier molecular flexibility index (Phi) is 1.86. The van der Waals surface area contributed by atoms with Gasteiger partial charge in [0.05, 0.1) is 6.20 Å². The topological polar surface area (TPSA) is 15.8 Å². The number of aromatic amines is 1. The van der Waals surface area contributed by atoms with Gasteiger partial charge in [-0.15, -0.1) is 0 Å². The zero-order valence-electron chi connectivity index (χ0n) is 7.22. The molecule has 1 nitrogen and oxygen atoms in total. The molecule has 0 aliphatic rings. The molecule has 0 spiro atoms. The molecule has 0 saturated heterocycles. The van der Waals surface area contributed by atoms with E-state index in [0.29, 0.717) is 0 Å². The zero-order valence-corrected chi connectivity index (χ0v) is 7.22. The summed E-state index contributed by atoms with van der Waals surface area (Å²) in [6.07, 6.45) is 5.44. The molecular formula is C11H12N. The highest BCUT2D eigenvalue weighted by atomic mass is 14.7. The third kappa shape index (κ3) is 1.11. The van der Waals surface area contributed by atoms with Gasteiger partial charge in [0.2, 0.25) is 0 Å². The number of hydrogen-bond donors (Lipinski definition) is 1. The van der Waals surface area contributed by atoms with Gasteiger partial charge in [0.1, 0.15) is 0 Å². The summed E-state index contributed by atoms with van der Waals surface area (Å²) in [4.78, 5) is 3.19. The molecule has 1 heterocycles. The van der Waals surface area contributed by atoms with Gasteiger partial charge >= 0.3 is 0 Å². The summed E-state index contributed by atoms with van der Waals surface area (Å²) in [5.41, 5.74) is 1.31. The summed E-state index contributed by atoms with van der Waals surface area (Å²) in [7, 11) is 0. The molecule has 0 aliphatic carbocycles. The largest absolute Gasteiger partial charge is 0.356 e. The summed E-state index contributed by atoms with van der Waals surface area (Å²) >= 11 is 0. The van der Waals surface area contributed by atoms with Gasteiger partial charge in [0, 0.05) is 16.5 Å². The average molecular weight is 158 g/mol. The van der Waals surface area contributed by atoms with E-state index in [1.54, 1.807) is 0 Å². The van der Waals surface area contributed by atoms with E-state index in [2.05, 4.69) is 36.3 Å². The molecule has 0 atom stereocenters. The van der Waals surface area contributed by atoms with E-state index >= 15 is 0 Å². The van der Waals surface area contributed by atoms with Crippen LogP contribution in [0.3, 0.4) is 0 Å². The summed E-state index contributed by atoms with van der Waals surface area (Å²) in [6.45, 7) is 2.19. The minimum absolute atomic E-state index is 1.12. The number of hydrogen-bond acceptors (Lipinski definition) is 0. The van der Waals surface area contributed by atoms with E-state index in [1.807, 2.05) is 6.07 Å². The molecule has 12 heavy (non-hydrogen) atoms. The first kappa shape index (κ1) is 7.41. The molecule has 1 heteroatoms. The van der Waals surface area contributed by atoms with Gasteiger partial charge in [0.25, 0.3) is 0 Å². The molecule has 1 N–H and O–H groups in total. The number of aryl methyl sites for hydroxylation is 1. The molecular weight excluding hydrogens is 146 g/mol. The number of rotatable bonds is 2. The molecule has 2 aromatic rings. The van der Waals surface area contributed by atoms with Crippen molar-refractivity contribution in [3.63, 3.8) is 0 Å². The summed E-state index contributed by atoms with van der Waals surface area (Å²) < 4.78 is 0. The van der Waals surface area contributed by atoms with Crippen molar-refractivity contribution in [2.45, 2.75) is 19.8 Å². The van der Waals surface area contributed by atoms with Crippen molar-refractivity contribution < 1.29 is 0 Å². The fourth-order valence-corrected chi connectivity index (χ4v) is 1.51. The second-order valence-corrected chi connectivity index (χ2v) is 3.02. The number of nitrogens with one attached hydrogen (secondary N) is 1. The molecule has 0 saturated carbocycles. The molecule has 0 amide bonds. The maximum atomic E-state index is 3.19. The number of aromatic nitrogens is 1. The van der Waals surface area contributed by atoms with Crippen molar-refractivity contribution >= 4 is 10.8 Å². The first-order valence-corrected chi connectivity index (χ1v) is 4.39. The predicted molar refractivity (Wildman–Crippen MR) is 51.1 cm³/mol. The Bertz CT molecular complexity index is 373. The highest BCUT2D eigenvalue weighted by Gasteiger charge is 2.00. The zero-order chi connectivity index (χ0) is 8.39. The standard InChI is InChI=1S/C11H12N/c1-2-5-11-10-7-4-3-6-9(10)8-12-11/h3-4,6-7,12H,2,5H2,1H3. The van der Waals surface area contributed by atoms with E-state index in [0.717, 1.165) is 6.42 Å². The minimum Gasteiger partial charge on any atom is -0.356 e. The Labute approximate surface area is 72.4 Å². The van der Waals surface area contributed by atoms with Crippen LogP contribution in [0.25, 0.3) is 10.8 Å². The van der Waals surface area contributed by atoms with Gasteiger partial charge in [-0.25, -0.2) is 0 Å². The lowest BCUT2D eigenvalue weighted by Crippen LogP contribution is -1.81. The molecule has 1 aromatic carbocycles. The van der Waals surface area contributed by atoms with Gasteiger partial charge in [0.15, 0.2) is 0 Å². The van der Waals surface area contributed by atoms with E-state index in [4.69, 9.17) is 0 Å². The molecule has 0 fully saturated rings. The van der Waals surface area contributed by atoms with Gasteiger partial charge in [-0.3, -0.25) is 0 Å². The Hall–Kier alpha value is -1.24. The van der Waals surface area contributed by atoms with Crippen molar-refractivity contribution in [3.05, 3.63) is 36.2 Å². The normalized spacial score (nSPS) is 10.8. The molecule has 61 valence electrons. The van der Waals surface area contributed by atoms with Crippen molar-refractivity contribution in [2.24, 2.45) is 0 Å². The van der Waals surface area contributed by atoms with E-state index in [9.17, 15) is 0 Å². The Morgan fingerprint density at radius 2 is 2.17 bits per heavy atom. The minimum atomic E-state index is 1.12. The van der Waals surface area contributed by atoms with E-state index in [-0.39, 0.29) is 0 Å². The summed E-state index contributed by atoms with van der Waals surface area (Å²) in [5, 5.41) is 2.51. The molecule has 1 aromatic heterocycles. The van der Waals surface area contributed by atoms with Crippen LogP contribution >= 0.6 is 0 Å². The fraction of sp³-hybridized carbons (Fsp3) is 0.273. The quantitative estimate of drug-likeness (QED) is 0.691. The molecule has 2 rings (SSSR count). The third-order valence-corrected chi connectivity index (χ3v) is 2.10. The van der Waals surface area contributed by atoms with Gasteiger partial charge in [-0.2, -0.15) is 0 Å². The van der Waals surface area contributed by atoms with E-state index in [1.165, 1.54) is 22.9 Å². The SMILES string of the molecule is CCCc1[nH][c]c2ccccc12. The average Bonchev–Trinajstić information content (AvgIpc) is 2.50. The van der Waals surface area contributed by atoms with Gasteiger partial charge in [-0.05, 0) is 6.42 Å². The molecule has 0 unspecified atom stereocenters. The van der Waals surface area contributed by atoms with Crippen molar-refractivity contribution in [1.82, 2.24) is 4.98 Å². The third-order valence-electron chi connectivity index (χ3n) is 2.10. The fourth-order valence-electron chi connectivity index (χ4n) is 1.51. The second kappa shape index (κ2) is 3.02. The lowest BCUT2D eigenvalue weighted by atomic mass is 10.1. The van der Waals surface area contributed by atoms with Gasteiger partial charge < -0.3 is 4.98 Å². The molecule has 0 aliphatic heterocycles.